The number of hydrogen-bond acceptors (Lipinski definition) is 3. The molecule has 0 aromatic heterocycles. The van der Waals surface area contributed by atoms with E-state index in [1.165, 1.54) is 18.2 Å². The molecule has 0 aliphatic rings. The van der Waals surface area contributed by atoms with Gasteiger partial charge in [-0.1, -0.05) is 0 Å². The molecule has 0 saturated heterocycles. The van der Waals surface area contributed by atoms with Crippen molar-refractivity contribution in [3.8, 4) is 5.75 Å². The summed E-state index contributed by atoms with van der Waals surface area (Å²) >= 11 is 0. The van der Waals surface area contributed by atoms with Crippen LogP contribution in [0.15, 0.2) is 18.2 Å². The van der Waals surface area contributed by atoms with Gasteiger partial charge < -0.3 is 14.9 Å². The first-order chi connectivity index (χ1) is 7.49. The summed E-state index contributed by atoms with van der Waals surface area (Å²) in [4.78, 5) is 4.14. The van der Waals surface area contributed by atoms with Gasteiger partial charge in [0.05, 0.1) is 0 Å². The first-order valence-corrected chi connectivity index (χ1v) is 5.29. The average molecular weight is 226 g/mol. The lowest BCUT2D eigenvalue weighted by Crippen LogP contribution is -2.28. The number of aromatic hydroxyl groups is 1. The zero-order valence-corrected chi connectivity index (χ0v) is 10.1. The van der Waals surface area contributed by atoms with E-state index in [-0.39, 0.29) is 11.6 Å². The highest BCUT2D eigenvalue weighted by molar-refractivity contribution is 5.32. The standard InChI is InChI=1S/C12H19FN2O/c1-14(2)6-7-15(3)9-10-8-11(13)4-5-12(10)16/h4-5,8,16H,6-7,9H2,1-3H3. The summed E-state index contributed by atoms with van der Waals surface area (Å²) in [5, 5.41) is 9.56. The first-order valence-electron chi connectivity index (χ1n) is 5.29. The largest absolute Gasteiger partial charge is 0.508 e. The number of phenols is 1. The SMILES string of the molecule is CN(C)CCN(C)Cc1cc(F)ccc1O. The molecule has 16 heavy (non-hydrogen) atoms. The zero-order chi connectivity index (χ0) is 12.1. The summed E-state index contributed by atoms with van der Waals surface area (Å²) in [5.74, 6) is -0.160. The van der Waals surface area contributed by atoms with Crippen molar-refractivity contribution in [2.45, 2.75) is 6.54 Å². The number of likely N-dealkylation sites (N-methyl/N-ethyl adjacent to an activating group) is 2. The van der Waals surface area contributed by atoms with Gasteiger partial charge in [0, 0.05) is 25.2 Å². The lowest BCUT2D eigenvalue weighted by molar-refractivity contribution is 0.273. The predicted molar refractivity (Wildman–Crippen MR) is 63.0 cm³/mol. The van der Waals surface area contributed by atoms with Crippen LogP contribution in [0.1, 0.15) is 5.56 Å². The van der Waals surface area contributed by atoms with Crippen molar-refractivity contribution in [1.82, 2.24) is 9.80 Å². The third kappa shape index (κ3) is 4.16. The van der Waals surface area contributed by atoms with E-state index in [0.717, 1.165) is 13.1 Å². The maximum absolute atomic E-state index is 13.0. The van der Waals surface area contributed by atoms with Crippen LogP contribution in [0, 0.1) is 5.82 Å². The van der Waals surface area contributed by atoms with Crippen LogP contribution < -0.4 is 0 Å². The Balaban J connectivity index is 2.55. The van der Waals surface area contributed by atoms with Gasteiger partial charge in [-0.2, -0.15) is 0 Å². The molecule has 0 heterocycles. The van der Waals surface area contributed by atoms with E-state index in [0.29, 0.717) is 12.1 Å². The van der Waals surface area contributed by atoms with Crippen LogP contribution in [0.25, 0.3) is 0 Å². The van der Waals surface area contributed by atoms with Crippen molar-refractivity contribution in [1.29, 1.82) is 0 Å². The fraction of sp³-hybridized carbons (Fsp3) is 0.500. The van der Waals surface area contributed by atoms with Gasteiger partial charge in [0.1, 0.15) is 11.6 Å². The molecule has 1 N–H and O–H groups in total. The first kappa shape index (κ1) is 12.9. The second-order valence-electron chi connectivity index (χ2n) is 4.31. The molecule has 0 saturated carbocycles. The van der Waals surface area contributed by atoms with Gasteiger partial charge in [-0.05, 0) is 39.3 Å². The highest BCUT2D eigenvalue weighted by Gasteiger charge is 2.06. The number of rotatable bonds is 5. The Hall–Kier alpha value is -1.13. The Labute approximate surface area is 96.1 Å². The maximum Gasteiger partial charge on any atom is 0.123 e. The van der Waals surface area contributed by atoms with E-state index in [1.807, 2.05) is 21.1 Å². The minimum Gasteiger partial charge on any atom is -0.508 e. The Kier molecular flexibility index (Phi) is 4.71. The summed E-state index contributed by atoms with van der Waals surface area (Å²) in [6, 6.07) is 4.03. The molecule has 3 nitrogen and oxygen atoms in total. The number of nitrogens with zero attached hydrogens (tertiary/aromatic N) is 2. The van der Waals surface area contributed by atoms with Crippen molar-refractivity contribution >= 4 is 0 Å². The van der Waals surface area contributed by atoms with Gasteiger partial charge in [-0.25, -0.2) is 4.39 Å². The fourth-order valence-electron chi connectivity index (χ4n) is 1.42. The number of phenolic OH excluding ortho intramolecular Hbond substituents is 1. The third-order valence-electron chi connectivity index (χ3n) is 2.41. The molecule has 0 aliphatic carbocycles. The summed E-state index contributed by atoms with van der Waals surface area (Å²) in [7, 11) is 5.97. The van der Waals surface area contributed by atoms with Crippen LogP contribution in [0.2, 0.25) is 0 Å². The minimum atomic E-state index is -0.311. The Morgan fingerprint density at radius 1 is 1.19 bits per heavy atom. The molecule has 0 fully saturated rings. The van der Waals surface area contributed by atoms with Crippen molar-refractivity contribution in [3.05, 3.63) is 29.6 Å². The molecule has 90 valence electrons. The lowest BCUT2D eigenvalue weighted by Gasteiger charge is -2.19. The van der Waals surface area contributed by atoms with Gasteiger partial charge in [-0.3, -0.25) is 0 Å². The zero-order valence-electron chi connectivity index (χ0n) is 10.1. The number of benzene rings is 1. The second-order valence-corrected chi connectivity index (χ2v) is 4.31. The molecule has 1 aromatic carbocycles. The van der Waals surface area contributed by atoms with Crippen LogP contribution in [-0.2, 0) is 6.54 Å². The molecule has 0 atom stereocenters. The van der Waals surface area contributed by atoms with Crippen LogP contribution in [0.4, 0.5) is 4.39 Å². The van der Waals surface area contributed by atoms with Crippen molar-refractivity contribution in [3.63, 3.8) is 0 Å². The molecule has 0 spiro atoms. The molecule has 1 rings (SSSR count). The summed E-state index contributed by atoms with van der Waals surface area (Å²) in [6.07, 6.45) is 0. The van der Waals surface area contributed by atoms with E-state index in [1.54, 1.807) is 0 Å². The molecule has 1 aromatic rings. The molecule has 0 unspecified atom stereocenters. The monoisotopic (exact) mass is 226 g/mol. The molecule has 0 aliphatic heterocycles. The van der Waals surface area contributed by atoms with E-state index >= 15 is 0 Å². The van der Waals surface area contributed by atoms with E-state index in [4.69, 9.17) is 0 Å². The van der Waals surface area contributed by atoms with Crippen LogP contribution in [0.5, 0.6) is 5.75 Å². The minimum absolute atomic E-state index is 0.151. The van der Waals surface area contributed by atoms with Crippen molar-refractivity contribution < 1.29 is 9.50 Å². The quantitative estimate of drug-likeness (QED) is 0.824. The van der Waals surface area contributed by atoms with Gasteiger partial charge in [0.25, 0.3) is 0 Å². The topological polar surface area (TPSA) is 26.7 Å². The van der Waals surface area contributed by atoms with Gasteiger partial charge in [0.15, 0.2) is 0 Å². The fourth-order valence-corrected chi connectivity index (χ4v) is 1.42. The van der Waals surface area contributed by atoms with Crippen LogP contribution in [0.3, 0.4) is 0 Å². The van der Waals surface area contributed by atoms with Gasteiger partial charge in [0.2, 0.25) is 0 Å². The van der Waals surface area contributed by atoms with Crippen LogP contribution in [-0.4, -0.2) is 49.1 Å². The Morgan fingerprint density at radius 3 is 2.50 bits per heavy atom. The van der Waals surface area contributed by atoms with E-state index in [9.17, 15) is 9.50 Å². The molecule has 0 bridgehead atoms. The summed E-state index contributed by atoms with van der Waals surface area (Å²) in [6.45, 7) is 2.37. The molecule has 0 amide bonds. The van der Waals surface area contributed by atoms with Crippen LogP contribution >= 0.6 is 0 Å². The maximum atomic E-state index is 13.0. The van der Waals surface area contributed by atoms with Gasteiger partial charge in [-0.15, -0.1) is 0 Å². The molecular weight excluding hydrogens is 207 g/mol. The summed E-state index contributed by atoms with van der Waals surface area (Å²) < 4.78 is 13.0. The predicted octanol–water partition coefficient (Wildman–Crippen LogP) is 1.52. The molecule has 0 radical (unpaired) electrons. The highest BCUT2D eigenvalue weighted by Crippen LogP contribution is 2.19. The second kappa shape index (κ2) is 5.82. The third-order valence-corrected chi connectivity index (χ3v) is 2.41. The smallest absolute Gasteiger partial charge is 0.123 e. The number of halogens is 1. The highest BCUT2D eigenvalue weighted by atomic mass is 19.1. The average Bonchev–Trinajstić information content (AvgIpc) is 2.20. The lowest BCUT2D eigenvalue weighted by atomic mass is 10.2. The Morgan fingerprint density at radius 2 is 1.88 bits per heavy atom. The molecular formula is C12H19FN2O. The van der Waals surface area contributed by atoms with Gasteiger partial charge >= 0.3 is 0 Å². The summed E-state index contributed by atoms with van der Waals surface area (Å²) in [5.41, 5.74) is 0.626. The normalized spacial score (nSPS) is 11.4. The number of hydrogen-bond donors (Lipinski definition) is 1. The van der Waals surface area contributed by atoms with E-state index in [2.05, 4.69) is 9.80 Å². The Bertz CT molecular complexity index is 342. The van der Waals surface area contributed by atoms with Crippen molar-refractivity contribution in [2.75, 3.05) is 34.2 Å². The molecule has 4 heteroatoms. The van der Waals surface area contributed by atoms with Crippen molar-refractivity contribution in [2.24, 2.45) is 0 Å². The van der Waals surface area contributed by atoms with E-state index < -0.39 is 0 Å².